The van der Waals surface area contributed by atoms with E-state index in [4.69, 9.17) is 25.9 Å². The number of anilines is 2. The number of hydrogen-bond donors (Lipinski definition) is 5. The summed E-state index contributed by atoms with van der Waals surface area (Å²) < 4.78 is 41.6. The maximum Gasteiger partial charge on any atom is 0.420 e. The zero-order valence-corrected chi connectivity index (χ0v) is 38.3. The Bertz CT molecular complexity index is 2920. The number of aromatic nitrogens is 1. The number of aliphatic carboxylic acids is 1. The van der Waals surface area contributed by atoms with Crippen LogP contribution in [0.1, 0.15) is 85.1 Å². The Morgan fingerprint density at radius 3 is 2.41 bits per heavy atom. The highest BCUT2D eigenvalue weighted by Crippen LogP contribution is 2.46. The molecule has 348 valence electrons. The Hall–Kier alpha value is -6.22. The third kappa shape index (κ3) is 9.81. The lowest BCUT2D eigenvalue weighted by Crippen LogP contribution is -2.55. The number of likely N-dealkylation sites (tertiary alicyclic amines) is 1. The summed E-state index contributed by atoms with van der Waals surface area (Å²) in [6.45, 7) is 4.16. The third-order valence-corrected chi connectivity index (χ3v) is 15.9. The molecule has 5 aromatic rings. The Balaban J connectivity index is 0.852. The number of ether oxygens (including phenoxy) is 1. The Labute approximate surface area is 387 Å². The molecule has 0 spiro atoms. The van der Waals surface area contributed by atoms with Gasteiger partial charge in [0.15, 0.2) is 22.8 Å². The molecule has 5 N–H and O–H groups in total. The van der Waals surface area contributed by atoms with Crippen LogP contribution < -0.4 is 26.4 Å². The predicted octanol–water partition coefficient (Wildman–Crippen LogP) is 6.71. The molecule has 0 saturated carbocycles. The van der Waals surface area contributed by atoms with Crippen LogP contribution in [-0.4, -0.2) is 100 Å². The number of rotatable bonds is 13. The molecule has 3 aromatic carbocycles. The maximum absolute atomic E-state index is 14.0. The standard InChI is InChI=1S/C45H47ClN6O12S2/c1-45(2)22-31(47-30-8-4-6-28(20-30)39-37(46)38(63-23-36(54)55)40(65-39)42(57)58)15-18-51(45)66(61,62)24-25-5-3-7-29(19-25)48-43(59)50-16-13-26(14-17-50)27-9-10-32-34(21-27)64-44(60)52(32)33-11-12-35(53)49-41(33)56/h3-10,19-21,26,31,33,47H,11-18,22-24H2,1-2H3,(H,48,59)(H,54,55)(H,57,58)(H,49,53,56)/t31-,33?/m0/s1. The largest absolute Gasteiger partial charge is 0.479 e. The molecular weight excluding hydrogens is 916 g/mol. The summed E-state index contributed by atoms with van der Waals surface area (Å²) in [6.07, 6.45) is 2.61. The van der Waals surface area contributed by atoms with E-state index in [-0.39, 0.29) is 64.7 Å². The Morgan fingerprint density at radius 1 is 0.955 bits per heavy atom. The molecule has 8 rings (SSSR count). The first-order chi connectivity index (χ1) is 31.4. The first kappa shape index (κ1) is 46.3. The molecule has 1 unspecified atom stereocenters. The highest BCUT2D eigenvalue weighted by molar-refractivity contribution is 7.88. The highest BCUT2D eigenvalue weighted by Gasteiger charge is 2.42. The van der Waals surface area contributed by atoms with Crippen LogP contribution in [0.25, 0.3) is 21.5 Å². The molecule has 5 heterocycles. The molecular formula is C45H47ClN6O12S2. The van der Waals surface area contributed by atoms with Crippen LogP contribution in [0, 0.1) is 0 Å². The second kappa shape index (κ2) is 18.6. The van der Waals surface area contributed by atoms with Crippen molar-refractivity contribution in [3.05, 3.63) is 98.3 Å². The monoisotopic (exact) mass is 962 g/mol. The van der Waals surface area contributed by atoms with Crippen LogP contribution in [0.5, 0.6) is 5.75 Å². The molecule has 4 amide bonds. The zero-order chi connectivity index (χ0) is 47.1. The van der Waals surface area contributed by atoms with Crippen molar-refractivity contribution >= 4 is 85.2 Å². The predicted molar refractivity (Wildman–Crippen MR) is 246 cm³/mol. The topological polar surface area (TPSA) is 247 Å². The molecule has 0 aliphatic carbocycles. The number of sulfonamides is 1. The van der Waals surface area contributed by atoms with Crippen LogP contribution in [0.3, 0.4) is 0 Å². The molecule has 21 heteroatoms. The number of nitrogens with zero attached hydrogens (tertiary/aromatic N) is 3. The second-order valence-electron chi connectivity index (χ2n) is 17.3. The van der Waals surface area contributed by atoms with E-state index in [0.717, 1.165) is 16.9 Å². The maximum atomic E-state index is 14.0. The van der Waals surface area contributed by atoms with Crippen molar-refractivity contribution in [1.82, 2.24) is 19.1 Å². The first-order valence-corrected chi connectivity index (χ1v) is 24.1. The SMILES string of the molecule is CC1(C)C[C@@H](Nc2cccc(-c3sc(C(=O)O)c(OCC(=O)O)c3Cl)c2)CCN1S(=O)(=O)Cc1cccc(NC(=O)N2CCC(c3ccc4c(c3)oc(=O)n4C3CCC(=O)NC3=O)CC2)c1. The van der Waals surface area contributed by atoms with Crippen LogP contribution in [0.4, 0.5) is 16.2 Å². The number of imide groups is 1. The van der Waals surface area contributed by atoms with Gasteiger partial charge in [-0.25, -0.2) is 27.6 Å². The van der Waals surface area contributed by atoms with Gasteiger partial charge in [-0.15, -0.1) is 11.3 Å². The van der Waals surface area contributed by atoms with Gasteiger partial charge in [0.2, 0.25) is 21.8 Å². The van der Waals surface area contributed by atoms with Crippen molar-refractivity contribution in [2.24, 2.45) is 0 Å². The number of amides is 4. The van der Waals surface area contributed by atoms with Gasteiger partial charge in [-0.05, 0) is 105 Å². The number of oxazole rings is 1. The van der Waals surface area contributed by atoms with E-state index in [0.29, 0.717) is 77.3 Å². The number of carbonyl (C=O) groups excluding carboxylic acids is 3. The van der Waals surface area contributed by atoms with Gasteiger partial charge < -0.3 is 34.9 Å². The summed E-state index contributed by atoms with van der Waals surface area (Å²) in [7, 11) is -3.81. The van der Waals surface area contributed by atoms with E-state index in [9.17, 15) is 42.3 Å². The summed E-state index contributed by atoms with van der Waals surface area (Å²) in [6, 6.07) is 18.2. The minimum atomic E-state index is -3.81. The molecule has 66 heavy (non-hydrogen) atoms. The van der Waals surface area contributed by atoms with Gasteiger partial charge in [0.1, 0.15) is 11.1 Å². The van der Waals surface area contributed by atoms with Crippen molar-refractivity contribution in [2.45, 2.75) is 81.7 Å². The van der Waals surface area contributed by atoms with E-state index in [1.165, 1.54) is 8.87 Å². The van der Waals surface area contributed by atoms with E-state index >= 15 is 0 Å². The lowest BCUT2D eigenvalue weighted by molar-refractivity contribution is -0.139. The number of halogens is 1. The van der Waals surface area contributed by atoms with Gasteiger partial charge in [-0.3, -0.25) is 19.5 Å². The average molecular weight is 963 g/mol. The molecule has 18 nitrogen and oxygen atoms in total. The lowest BCUT2D eigenvalue weighted by atomic mass is 9.89. The molecule has 2 aromatic heterocycles. The van der Waals surface area contributed by atoms with Gasteiger partial charge in [0.25, 0.3) is 0 Å². The van der Waals surface area contributed by atoms with Crippen LogP contribution >= 0.6 is 22.9 Å². The van der Waals surface area contributed by atoms with Gasteiger partial charge in [-0.2, -0.15) is 4.31 Å². The summed E-state index contributed by atoms with van der Waals surface area (Å²) in [5, 5.41) is 27.4. The molecule has 3 fully saturated rings. The number of thiophene rings is 1. The molecule has 2 atom stereocenters. The normalized spacial score (nSPS) is 19.3. The van der Waals surface area contributed by atoms with E-state index < -0.39 is 51.8 Å². The van der Waals surface area contributed by atoms with Crippen molar-refractivity contribution in [3.63, 3.8) is 0 Å². The minimum Gasteiger partial charge on any atom is -0.479 e. The lowest BCUT2D eigenvalue weighted by Gasteiger charge is -2.45. The molecule has 3 aliphatic heterocycles. The smallest absolute Gasteiger partial charge is 0.420 e. The van der Waals surface area contributed by atoms with Crippen LogP contribution in [-0.2, 0) is 30.2 Å². The quantitative estimate of drug-likeness (QED) is 0.0771. The van der Waals surface area contributed by atoms with Crippen molar-refractivity contribution < 1.29 is 51.8 Å². The number of benzene rings is 3. The van der Waals surface area contributed by atoms with E-state index in [2.05, 4.69) is 16.0 Å². The fourth-order valence-electron chi connectivity index (χ4n) is 9.17. The summed E-state index contributed by atoms with van der Waals surface area (Å²) in [4.78, 5) is 75.2. The molecule has 0 radical (unpaired) electrons. The minimum absolute atomic E-state index is 0.00536. The first-order valence-electron chi connectivity index (χ1n) is 21.3. The third-order valence-electron chi connectivity index (χ3n) is 12.2. The zero-order valence-electron chi connectivity index (χ0n) is 35.9. The number of aromatic carboxylic acids is 1. The number of carboxylic acid groups (broad SMARTS) is 2. The van der Waals surface area contributed by atoms with Crippen molar-refractivity contribution in [2.75, 3.05) is 36.9 Å². The van der Waals surface area contributed by atoms with Crippen LogP contribution in [0.2, 0.25) is 5.02 Å². The summed E-state index contributed by atoms with van der Waals surface area (Å²) in [5.74, 6) is -4.55. The van der Waals surface area contributed by atoms with Crippen molar-refractivity contribution in [3.8, 4) is 16.2 Å². The molecule has 3 aliphatic rings. The van der Waals surface area contributed by atoms with Crippen molar-refractivity contribution in [1.29, 1.82) is 0 Å². The number of nitrogens with one attached hydrogen (secondary N) is 3. The number of carbonyl (C=O) groups is 5. The number of fused-ring (bicyclic) bond motifs is 1. The Morgan fingerprint density at radius 2 is 1.70 bits per heavy atom. The second-order valence-corrected chi connectivity index (χ2v) is 20.6. The van der Waals surface area contributed by atoms with E-state index in [1.54, 1.807) is 59.5 Å². The number of piperidine rings is 3. The highest BCUT2D eigenvalue weighted by atomic mass is 35.5. The fraction of sp³-hybridized carbons (Fsp3) is 0.378. The van der Waals surface area contributed by atoms with Gasteiger partial charge in [0, 0.05) is 49.0 Å². The molecule has 3 saturated heterocycles. The number of urea groups is 1. The van der Waals surface area contributed by atoms with Gasteiger partial charge in [0.05, 0.1) is 16.1 Å². The molecule has 0 bridgehead atoms. The number of hydrogen-bond acceptors (Lipinski definition) is 12. The van der Waals surface area contributed by atoms with Gasteiger partial charge >= 0.3 is 23.7 Å². The summed E-state index contributed by atoms with van der Waals surface area (Å²) >= 11 is 7.39. The average Bonchev–Trinajstić information content (AvgIpc) is 3.77. The summed E-state index contributed by atoms with van der Waals surface area (Å²) in [5.41, 5.74) is 3.27. The van der Waals surface area contributed by atoms with E-state index in [1.807, 2.05) is 26.0 Å². The Kier molecular flexibility index (Phi) is 13.0. The van der Waals surface area contributed by atoms with Crippen LogP contribution in [0.15, 0.2) is 75.9 Å². The van der Waals surface area contributed by atoms with Gasteiger partial charge in [-0.1, -0.05) is 41.9 Å². The fourth-order valence-corrected chi connectivity index (χ4v) is 12.5. The number of carboxylic acids is 2.